The van der Waals surface area contributed by atoms with Crippen molar-refractivity contribution in [3.05, 3.63) is 63.2 Å². The summed E-state index contributed by atoms with van der Waals surface area (Å²) in [5.41, 5.74) is 4.47. The molecule has 0 atom stereocenters. The van der Waals surface area contributed by atoms with Gasteiger partial charge >= 0.3 is 5.69 Å². The minimum absolute atomic E-state index is 0.151. The van der Waals surface area contributed by atoms with Crippen molar-refractivity contribution in [3.63, 3.8) is 0 Å². The lowest BCUT2D eigenvalue weighted by molar-refractivity contribution is -0.385. The van der Waals surface area contributed by atoms with Crippen molar-refractivity contribution < 1.29 is 19.2 Å². The molecule has 8 nitrogen and oxygen atoms in total. The van der Waals surface area contributed by atoms with Crippen LogP contribution in [0.2, 0.25) is 0 Å². The molecular weight excluding hydrogens is 338 g/mol. The second kappa shape index (κ2) is 8.61. The van der Waals surface area contributed by atoms with Crippen molar-refractivity contribution in [2.24, 2.45) is 5.10 Å². The highest BCUT2D eigenvalue weighted by molar-refractivity contribution is 5.84. The number of carbonyl (C=O) groups excluding carboxylic acids is 1. The van der Waals surface area contributed by atoms with Crippen molar-refractivity contribution >= 4 is 17.8 Å². The van der Waals surface area contributed by atoms with Crippen LogP contribution in [0.15, 0.2) is 41.5 Å². The third-order valence-electron chi connectivity index (χ3n) is 3.56. The fraction of sp³-hybridized carbons (Fsp3) is 0.222. The number of hydrogen-bond donors (Lipinski definition) is 1. The van der Waals surface area contributed by atoms with E-state index in [1.165, 1.54) is 25.5 Å². The van der Waals surface area contributed by atoms with Crippen molar-refractivity contribution in [1.29, 1.82) is 0 Å². The number of benzene rings is 2. The topological polar surface area (TPSA) is 103 Å². The van der Waals surface area contributed by atoms with Crippen LogP contribution in [-0.4, -0.2) is 30.8 Å². The second-order valence-corrected chi connectivity index (χ2v) is 5.49. The van der Waals surface area contributed by atoms with Crippen LogP contribution in [0.3, 0.4) is 0 Å². The van der Waals surface area contributed by atoms with Crippen LogP contribution in [0.5, 0.6) is 11.5 Å². The molecule has 0 heterocycles. The highest BCUT2D eigenvalue weighted by Gasteiger charge is 2.14. The van der Waals surface area contributed by atoms with E-state index >= 15 is 0 Å². The van der Waals surface area contributed by atoms with Crippen LogP contribution in [0.25, 0.3) is 0 Å². The Bertz CT molecular complexity index is 828. The first-order chi connectivity index (χ1) is 12.4. The van der Waals surface area contributed by atoms with Crippen molar-refractivity contribution in [1.82, 2.24) is 5.43 Å². The number of amides is 1. The second-order valence-electron chi connectivity index (χ2n) is 5.49. The van der Waals surface area contributed by atoms with Crippen LogP contribution in [0.1, 0.15) is 16.7 Å². The zero-order chi connectivity index (χ0) is 19.1. The molecule has 0 spiro atoms. The predicted molar refractivity (Wildman–Crippen MR) is 96.8 cm³/mol. The smallest absolute Gasteiger partial charge is 0.311 e. The lowest BCUT2D eigenvalue weighted by Crippen LogP contribution is -2.25. The molecular formula is C18H19N3O5. The average molecular weight is 357 g/mol. The number of hydrogen-bond acceptors (Lipinski definition) is 6. The highest BCUT2D eigenvalue weighted by atomic mass is 16.6. The number of rotatable bonds is 7. The maximum atomic E-state index is 11.8. The summed E-state index contributed by atoms with van der Waals surface area (Å²) in [4.78, 5) is 22.3. The van der Waals surface area contributed by atoms with Gasteiger partial charge in [0.05, 0.1) is 18.2 Å². The van der Waals surface area contributed by atoms with Gasteiger partial charge in [-0.15, -0.1) is 0 Å². The fourth-order valence-electron chi connectivity index (χ4n) is 2.31. The molecule has 0 aliphatic carbocycles. The van der Waals surface area contributed by atoms with Crippen molar-refractivity contribution in [2.75, 3.05) is 13.7 Å². The van der Waals surface area contributed by atoms with Gasteiger partial charge in [-0.05, 0) is 37.1 Å². The zero-order valence-corrected chi connectivity index (χ0v) is 14.7. The maximum Gasteiger partial charge on any atom is 0.311 e. The number of nitro groups is 1. The van der Waals surface area contributed by atoms with E-state index in [0.717, 1.165) is 11.1 Å². The molecule has 0 saturated heterocycles. The van der Waals surface area contributed by atoms with Gasteiger partial charge in [0.2, 0.25) is 0 Å². The number of carbonyl (C=O) groups is 1. The number of hydrazone groups is 1. The standard InChI is InChI=1S/C18H19N3O5/c1-12-5-4-6-13(2)18(12)26-11-17(22)20-19-10-14-7-8-16(25-3)15(9-14)21(23)24/h4-10H,11H2,1-3H3,(H,20,22). The van der Waals surface area contributed by atoms with Gasteiger partial charge in [-0.25, -0.2) is 5.43 Å². The molecule has 0 saturated carbocycles. The van der Waals surface area contributed by atoms with E-state index in [1.54, 1.807) is 6.07 Å². The van der Waals surface area contributed by atoms with Gasteiger partial charge in [-0.3, -0.25) is 14.9 Å². The largest absolute Gasteiger partial charge is 0.490 e. The first-order valence-electron chi connectivity index (χ1n) is 7.75. The van der Waals surface area contributed by atoms with Crippen molar-refractivity contribution in [3.8, 4) is 11.5 Å². The van der Waals surface area contributed by atoms with Gasteiger partial charge in [0.1, 0.15) is 5.75 Å². The van der Waals surface area contributed by atoms with Crippen LogP contribution in [0, 0.1) is 24.0 Å². The molecule has 0 fully saturated rings. The summed E-state index contributed by atoms with van der Waals surface area (Å²) in [5.74, 6) is 0.377. The summed E-state index contributed by atoms with van der Waals surface area (Å²) in [7, 11) is 1.35. The molecule has 0 aliphatic rings. The summed E-state index contributed by atoms with van der Waals surface area (Å²) >= 11 is 0. The van der Waals surface area contributed by atoms with E-state index in [0.29, 0.717) is 11.3 Å². The van der Waals surface area contributed by atoms with Gasteiger partial charge in [-0.1, -0.05) is 18.2 Å². The first-order valence-corrected chi connectivity index (χ1v) is 7.75. The summed E-state index contributed by atoms with van der Waals surface area (Å²) in [5, 5.41) is 14.8. The van der Waals surface area contributed by atoms with Crippen LogP contribution in [-0.2, 0) is 4.79 Å². The van der Waals surface area contributed by atoms with Gasteiger partial charge in [0.25, 0.3) is 5.91 Å². The van der Waals surface area contributed by atoms with Crippen LogP contribution < -0.4 is 14.9 Å². The van der Waals surface area contributed by atoms with Gasteiger partial charge in [0, 0.05) is 11.6 Å². The Kier molecular flexibility index (Phi) is 6.26. The molecule has 136 valence electrons. The Morgan fingerprint density at radius 2 is 1.96 bits per heavy atom. The summed E-state index contributed by atoms with van der Waals surface area (Å²) in [6.45, 7) is 3.61. The molecule has 0 bridgehead atoms. The van der Waals surface area contributed by atoms with E-state index < -0.39 is 10.8 Å². The third-order valence-corrected chi connectivity index (χ3v) is 3.56. The third kappa shape index (κ3) is 4.79. The lowest BCUT2D eigenvalue weighted by Gasteiger charge is -2.10. The molecule has 0 aliphatic heterocycles. The predicted octanol–water partition coefficient (Wildman–Crippen LogP) is 2.75. The Balaban J connectivity index is 1.95. The summed E-state index contributed by atoms with van der Waals surface area (Å²) < 4.78 is 10.4. The number of nitro benzene ring substituents is 1. The number of nitrogens with one attached hydrogen (secondary N) is 1. The fourth-order valence-corrected chi connectivity index (χ4v) is 2.31. The van der Waals surface area contributed by atoms with E-state index in [1.807, 2.05) is 32.0 Å². The number of aryl methyl sites for hydroxylation is 2. The average Bonchev–Trinajstić information content (AvgIpc) is 2.61. The van der Waals surface area contributed by atoms with E-state index in [9.17, 15) is 14.9 Å². The molecule has 1 amide bonds. The minimum atomic E-state index is -0.548. The van der Waals surface area contributed by atoms with Crippen LogP contribution >= 0.6 is 0 Å². The Hall–Kier alpha value is -3.42. The monoisotopic (exact) mass is 357 g/mol. The Morgan fingerprint density at radius 3 is 2.58 bits per heavy atom. The summed E-state index contributed by atoms with van der Waals surface area (Å²) in [6, 6.07) is 10.1. The SMILES string of the molecule is COc1ccc(C=NNC(=O)COc2c(C)cccc2C)cc1[N+](=O)[O-]. The lowest BCUT2D eigenvalue weighted by atomic mass is 10.1. The zero-order valence-electron chi connectivity index (χ0n) is 14.7. The highest BCUT2D eigenvalue weighted by Crippen LogP contribution is 2.26. The van der Waals surface area contributed by atoms with Crippen molar-refractivity contribution in [2.45, 2.75) is 13.8 Å². The maximum absolute atomic E-state index is 11.8. The number of nitrogens with zero attached hydrogens (tertiary/aromatic N) is 2. The first kappa shape index (κ1) is 18.9. The normalized spacial score (nSPS) is 10.6. The molecule has 2 aromatic rings. The van der Waals surface area contributed by atoms with Gasteiger partial charge < -0.3 is 9.47 Å². The van der Waals surface area contributed by atoms with E-state index in [2.05, 4.69) is 10.5 Å². The number of ether oxygens (including phenoxy) is 2. The molecule has 1 N–H and O–H groups in total. The minimum Gasteiger partial charge on any atom is -0.490 e. The van der Waals surface area contributed by atoms with Crippen LogP contribution in [0.4, 0.5) is 5.69 Å². The Labute approximate surface area is 150 Å². The molecule has 0 aromatic heterocycles. The number of para-hydroxylation sites is 1. The van der Waals surface area contributed by atoms with E-state index in [4.69, 9.17) is 9.47 Å². The quantitative estimate of drug-likeness (QED) is 0.466. The molecule has 0 radical (unpaired) electrons. The molecule has 26 heavy (non-hydrogen) atoms. The number of methoxy groups -OCH3 is 1. The molecule has 2 rings (SSSR count). The summed E-state index contributed by atoms with van der Waals surface area (Å²) in [6.07, 6.45) is 1.31. The Morgan fingerprint density at radius 1 is 1.27 bits per heavy atom. The van der Waals surface area contributed by atoms with E-state index in [-0.39, 0.29) is 18.0 Å². The van der Waals surface area contributed by atoms with Gasteiger partial charge in [-0.2, -0.15) is 5.10 Å². The molecule has 8 heteroatoms. The molecule has 0 unspecified atom stereocenters. The molecule has 2 aromatic carbocycles. The van der Waals surface area contributed by atoms with Gasteiger partial charge in [0.15, 0.2) is 12.4 Å².